The van der Waals surface area contributed by atoms with Gasteiger partial charge in [-0.3, -0.25) is 4.98 Å². The van der Waals surface area contributed by atoms with Gasteiger partial charge in [0.05, 0.1) is 18.4 Å². The van der Waals surface area contributed by atoms with Gasteiger partial charge >= 0.3 is 11.9 Å². The van der Waals surface area contributed by atoms with Gasteiger partial charge in [-0.1, -0.05) is 0 Å². The molecular formula is C10H8BrN5O4. The van der Waals surface area contributed by atoms with E-state index in [-0.39, 0.29) is 11.3 Å². The molecule has 0 saturated carbocycles. The van der Waals surface area contributed by atoms with Crippen LogP contribution in [0.15, 0.2) is 23.1 Å². The van der Waals surface area contributed by atoms with Gasteiger partial charge in [-0.15, -0.1) is 0 Å². The van der Waals surface area contributed by atoms with Crippen molar-refractivity contribution >= 4 is 27.8 Å². The van der Waals surface area contributed by atoms with Crippen molar-refractivity contribution in [2.45, 2.75) is 6.54 Å². The van der Waals surface area contributed by atoms with E-state index in [1.807, 2.05) is 0 Å². The lowest BCUT2D eigenvalue weighted by Gasteiger charge is -2.01. The predicted octanol–water partition coefficient (Wildman–Crippen LogP) is 1.18. The summed E-state index contributed by atoms with van der Waals surface area (Å²) in [6.45, 7) is 0.183. The number of methoxy groups -OCH3 is 1. The van der Waals surface area contributed by atoms with Crippen LogP contribution in [0.25, 0.3) is 0 Å². The second-order valence-electron chi connectivity index (χ2n) is 3.63. The van der Waals surface area contributed by atoms with Crippen LogP contribution in [0.1, 0.15) is 16.1 Å². The first-order valence-electron chi connectivity index (χ1n) is 5.29. The average Bonchev–Trinajstić information content (AvgIpc) is 2.80. The zero-order chi connectivity index (χ0) is 14.7. The number of hydrogen-bond acceptors (Lipinski definition) is 7. The number of rotatable bonds is 4. The molecule has 2 rings (SSSR count). The van der Waals surface area contributed by atoms with Crippen LogP contribution in [0.5, 0.6) is 0 Å². The van der Waals surface area contributed by atoms with Gasteiger partial charge in [-0.05, 0) is 22.0 Å². The molecule has 2 aromatic heterocycles. The van der Waals surface area contributed by atoms with Crippen molar-refractivity contribution < 1.29 is 14.5 Å². The van der Waals surface area contributed by atoms with Crippen LogP contribution in [0.3, 0.4) is 0 Å². The third-order valence-corrected chi connectivity index (χ3v) is 2.92. The Morgan fingerprint density at radius 2 is 2.30 bits per heavy atom. The minimum Gasteiger partial charge on any atom is -0.465 e. The standard InChI is InChI=1S/C10H8BrN5O4/c1-20-8(17)6-2-3-7(12-4-6)5-15-9(11)13-10(14-15)16(18)19/h2-4H,5H2,1H3. The van der Waals surface area contributed by atoms with Crippen molar-refractivity contribution in [3.63, 3.8) is 0 Å². The highest BCUT2D eigenvalue weighted by Crippen LogP contribution is 2.13. The van der Waals surface area contributed by atoms with E-state index >= 15 is 0 Å². The molecule has 0 bridgehead atoms. The van der Waals surface area contributed by atoms with Crippen LogP contribution in [0, 0.1) is 10.1 Å². The number of nitro groups is 1. The third-order valence-electron chi connectivity index (χ3n) is 2.34. The van der Waals surface area contributed by atoms with E-state index < -0.39 is 16.8 Å². The van der Waals surface area contributed by atoms with Crippen molar-refractivity contribution in [3.05, 3.63) is 44.4 Å². The molecule has 0 amide bonds. The van der Waals surface area contributed by atoms with E-state index in [0.29, 0.717) is 11.3 Å². The lowest BCUT2D eigenvalue weighted by atomic mass is 10.2. The molecule has 104 valence electrons. The largest absolute Gasteiger partial charge is 0.492 e. The number of esters is 1. The van der Waals surface area contributed by atoms with E-state index in [4.69, 9.17) is 0 Å². The summed E-state index contributed by atoms with van der Waals surface area (Å²) in [5.74, 6) is -0.982. The Balaban J connectivity index is 2.18. The first kappa shape index (κ1) is 14.1. The van der Waals surface area contributed by atoms with Gasteiger partial charge in [0.15, 0.2) is 0 Å². The molecule has 10 heteroatoms. The molecule has 0 unspecified atom stereocenters. The number of ether oxygens (including phenoxy) is 1. The Morgan fingerprint density at radius 3 is 2.80 bits per heavy atom. The Morgan fingerprint density at radius 1 is 1.55 bits per heavy atom. The average molecular weight is 342 g/mol. The number of carbonyl (C=O) groups excluding carboxylic acids is 1. The topological polar surface area (TPSA) is 113 Å². The second kappa shape index (κ2) is 5.74. The molecule has 0 radical (unpaired) electrons. The molecule has 2 aromatic rings. The highest BCUT2D eigenvalue weighted by atomic mass is 79.9. The SMILES string of the molecule is COC(=O)c1ccc(Cn2nc([N+](=O)[O-])nc2Br)nc1. The lowest BCUT2D eigenvalue weighted by Crippen LogP contribution is -2.06. The highest BCUT2D eigenvalue weighted by Gasteiger charge is 2.19. The van der Waals surface area contributed by atoms with E-state index in [1.165, 1.54) is 18.0 Å². The zero-order valence-electron chi connectivity index (χ0n) is 10.2. The first-order chi connectivity index (χ1) is 9.51. The number of hydrogen-bond donors (Lipinski definition) is 0. The second-order valence-corrected chi connectivity index (χ2v) is 4.33. The molecule has 0 atom stereocenters. The van der Waals surface area contributed by atoms with Gasteiger partial charge < -0.3 is 14.9 Å². The fourth-order valence-electron chi connectivity index (χ4n) is 1.40. The number of halogens is 1. The summed E-state index contributed by atoms with van der Waals surface area (Å²) in [5.41, 5.74) is 0.887. The quantitative estimate of drug-likeness (QED) is 0.466. The minimum absolute atomic E-state index is 0.183. The molecule has 0 aliphatic heterocycles. The Hall–Kier alpha value is -2.36. The normalized spacial score (nSPS) is 10.3. The van der Waals surface area contributed by atoms with E-state index in [0.717, 1.165) is 0 Å². The number of carbonyl (C=O) groups is 1. The fourth-order valence-corrected chi connectivity index (χ4v) is 1.76. The Bertz CT molecular complexity index is 654. The third kappa shape index (κ3) is 2.96. The summed E-state index contributed by atoms with van der Waals surface area (Å²) in [5, 5.41) is 14.3. The van der Waals surface area contributed by atoms with Crippen LogP contribution in [0.2, 0.25) is 0 Å². The molecule has 20 heavy (non-hydrogen) atoms. The molecule has 2 heterocycles. The van der Waals surface area contributed by atoms with Gasteiger partial charge in [0.2, 0.25) is 0 Å². The van der Waals surface area contributed by atoms with Crippen molar-refractivity contribution in [1.82, 2.24) is 19.7 Å². The zero-order valence-corrected chi connectivity index (χ0v) is 11.8. The van der Waals surface area contributed by atoms with E-state index in [1.54, 1.807) is 12.1 Å². The van der Waals surface area contributed by atoms with Crippen LogP contribution in [-0.2, 0) is 11.3 Å². The Labute approximate surface area is 120 Å². The maximum absolute atomic E-state index is 11.2. The summed E-state index contributed by atoms with van der Waals surface area (Å²) in [7, 11) is 1.28. The van der Waals surface area contributed by atoms with Gasteiger partial charge in [-0.25, -0.2) is 4.79 Å². The molecular weight excluding hydrogens is 334 g/mol. The molecule has 0 saturated heterocycles. The fraction of sp³-hybridized carbons (Fsp3) is 0.200. The molecule has 0 spiro atoms. The molecule has 0 fully saturated rings. The smallest absolute Gasteiger partial charge is 0.465 e. The summed E-state index contributed by atoms with van der Waals surface area (Å²) in [6.07, 6.45) is 1.36. The predicted molar refractivity (Wildman–Crippen MR) is 69.1 cm³/mol. The van der Waals surface area contributed by atoms with Crippen molar-refractivity contribution in [3.8, 4) is 0 Å². The number of pyridine rings is 1. The first-order valence-corrected chi connectivity index (χ1v) is 6.08. The molecule has 9 nitrogen and oxygen atoms in total. The molecule has 0 aromatic carbocycles. The van der Waals surface area contributed by atoms with Crippen molar-refractivity contribution in [1.29, 1.82) is 0 Å². The van der Waals surface area contributed by atoms with Gasteiger partial charge in [-0.2, -0.15) is 4.68 Å². The van der Waals surface area contributed by atoms with Crippen LogP contribution < -0.4 is 0 Å². The number of aromatic nitrogens is 4. The van der Waals surface area contributed by atoms with Crippen LogP contribution in [0.4, 0.5) is 5.95 Å². The minimum atomic E-state index is -0.685. The summed E-state index contributed by atoms with van der Waals surface area (Å²) >= 11 is 3.07. The lowest BCUT2D eigenvalue weighted by molar-refractivity contribution is -0.394. The van der Waals surface area contributed by atoms with E-state index in [9.17, 15) is 14.9 Å². The summed E-state index contributed by atoms with van der Waals surface area (Å²) in [4.78, 5) is 28.8. The van der Waals surface area contributed by atoms with Gasteiger partial charge in [0.1, 0.15) is 6.54 Å². The Kier molecular flexibility index (Phi) is 4.03. The molecule has 0 N–H and O–H groups in total. The maximum Gasteiger partial charge on any atom is 0.492 e. The summed E-state index contributed by atoms with van der Waals surface area (Å²) in [6, 6.07) is 3.15. The monoisotopic (exact) mass is 341 g/mol. The van der Waals surface area contributed by atoms with Crippen LogP contribution >= 0.6 is 15.9 Å². The summed E-state index contributed by atoms with van der Waals surface area (Å²) < 4.78 is 6.07. The molecule has 0 aliphatic rings. The van der Waals surface area contributed by atoms with Crippen molar-refractivity contribution in [2.75, 3.05) is 7.11 Å². The van der Waals surface area contributed by atoms with Gasteiger partial charge in [0.25, 0.3) is 4.73 Å². The van der Waals surface area contributed by atoms with E-state index in [2.05, 4.69) is 35.7 Å². The maximum atomic E-state index is 11.2. The van der Waals surface area contributed by atoms with Crippen LogP contribution in [-0.4, -0.2) is 37.8 Å². The highest BCUT2D eigenvalue weighted by molar-refractivity contribution is 9.10. The molecule has 0 aliphatic carbocycles. The van der Waals surface area contributed by atoms with Gasteiger partial charge in [0, 0.05) is 27.2 Å². The number of nitrogens with zero attached hydrogens (tertiary/aromatic N) is 5. The van der Waals surface area contributed by atoms with Crippen molar-refractivity contribution in [2.24, 2.45) is 0 Å².